The topological polar surface area (TPSA) is 59.7 Å². The van der Waals surface area contributed by atoms with Crippen molar-refractivity contribution >= 4 is 0 Å². The molecule has 32 valence electrons. The predicted molar refractivity (Wildman–Crippen MR) is 11.4 cm³/mol. The van der Waals surface area contributed by atoms with Crippen LogP contribution in [-0.4, -0.2) is 12.2 Å². The smallest absolute Gasteiger partial charge is 0.0319 e. The maximum absolute atomic E-state index is 7.00. The van der Waals surface area contributed by atoms with Gasteiger partial charge in [-0.1, -0.05) is 0 Å². The van der Waals surface area contributed by atoms with E-state index in [1.165, 1.54) is 0 Å². The molecule has 0 fully saturated rings. The number of rotatable bonds is 0. The Morgan fingerprint density at radius 1 is 1.00 bits per heavy atom. The Morgan fingerprint density at radius 3 is 1.20 bits per heavy atom. The summed E-state index contributed by atoms with van der Waals surface area (Å²) in [5.41, 5.74) is 0. The van der Waals surface area contributed by atoms with Crippen molar-refractivity contribution in [3.63, 3.8) is 0 Å². The lowest BCUT2D eigenvalue weighted by molar-refractivity contribution is 0.264. The van der Waals surface area contributed by atoms with Crippen molar-refractivity contribution < 1.29 is 19.3 Å². The van der Waals surface area contributed by atoms with E-state index in [1.54, 1.807) is 0 Å². The predicted octanol–water partition coefficient (Wildman–Crippen LogP) is 0.0741. The van der Waals surface area contributed by atoms with E-state index in [0.717, 1.165) is 7.11 Å². The Bertz CT molecular complexity index is 31.7. The zero-order chi connectivity index (χ0) is 4.12. The summed E-state index contributed by atoms with van der Waals surface area (Å²) in [6, 6.07) is 0. The van der Waals surface area contributed by atoms with E-state index in [2.05, 4.69) is 14.2 Å². The van der Waals surface area contributed by atoms with Crippen molar-refractivity contribution in [1.29, 1.82) is 0 Å². The molecule has 0 aliphatic carbocycles. The van der Waals surface area contributed by atoms with Crippen LogP contribution < -0.4 is 0 Å². The van der Waals surface area contributed by atoms with Crippen LogP contribution in [0.5, 0.6) is 0 Å². The van der Waals surface area contributed by atoms with E-state index in [0.29, 0.717) is 0 Å². The number of aliphatic hydroxyl groups excluding tert-OH is 1. The fourth-order valence-electron chi connectivity index (χ4n) is 0. The molecule has 0 aliphatic rings. The van der Waals surface area contributed by atoms with Gasteiger partial charge in [-0.2, -0.15) is 0 Å². The normalized spacial score (nSPS) is 6.00. The second-order valence-electron chi connectivity index (χ2n) is 0.204. The molecule has 0 spiro atoms. The van der Waals surface area contributed by atoms with Crippen LogP contribution in [0.1, 0.15) is 0 Å². The molecule has 1 aromatic heterocycles. The molecule has 0 aromatic carbocycles. The third kappa shape index (κ3) is 48.0. The van der Waals surface area contributed by atoms with Gasteiger partial charge in [-0.25, -0.2) is 0 Å². The van der Waals surface area contributed by atoms with Crippen LogP contribution in [0.2, 0.25) is 0 Å². The van der Waals surface area contributed by atoms with Crippen molar-refractivity contribution in [3.8, 4) is 0 Å². The van der Waals surface area contributed by atoms with Gasteiger partial charge < -0.3 is 5.11 Å². The monoisotopic (exact) mass is 80.0 g/mol. The maximum Gasteiger partial charge on any atom is 0.0319 e. The minimum Gasteiger partial charge on any atom is -0.400 e. The zero-order valence-electron chi connectivity index (χ0n) is 2.67. The highest BCUT2D eigenvalue weighted by Crippen LogP contribution is 1.79. The van der Waals surface area contributed by atoms with Gasteiger partial charge in [0.2, 0.25) is 0 Å². The average Bonchev–Trinajstić information content (AvgIpc) is 2.19. The maximum atomic E-state index is 7.00. The Morgan fingerprint density at radius 2 is 1.20 bits per heavy atom. The molecule has 1 N–H and O–H groups in total. The van der Waals surface area contributed by atoms with Crippen LogP contribution in [0.4, 0.5) is 0 Å². The largest absolute Gasteiger partial charge is 0.400 e. The quantitative estimate of drug-likeness (QED) is 0.448. The van der Waals surface area contributed by atoms with Crippen molar-refractivity contribution in [2.24, 2.45) is 0 Å². The lowest BCUT2D eigenvalue weighted by Gasteiger charge is -1.21. The molecule has 0 aliphatic heterocycles. The van der Waals surface area contributed by atoms with Gasteiger partial charge in [-0.05, 0) is 0 Å². The van der Waals surface area contributed by atoms with Gasteiger partial charge in [-0.15, -0.1) is 0 Å². The van der Waals surface area contributed by atoms with Crippen LogP contribution in [0, 0.1) is 0 Å². The Balaban J connectivity index is 0.0000000733. The first-order valence-electron chi connectivity index (χ1n) is 0.947. The van der Waals surface area contributed by atoms with Gasteiger partial charge in [0.15, 0.2) is 0 Å². The highest BCUT2D eigenvalue weighted by Gasteiger charge is 1.63. The van der Waals surface area contributed by atoms with Crippen molar-refractivity contribution in [2.45, 2.75) is 0 Å². The third-order valence-corrected chi connectivity index (χ3v) is 0.0680. The Labute approximate surface area is 27.8 Å². The lowest BCUT2D eigenvalue weighted by atomic mass is 11.8. The summed E-state index contributed by atoms with van der Waals surface area (Å²) >= 11 is 0. The molecule has 0 radical (unpaired) electrons. The van der Waals surface area contributed by atoms with Gasteiger partial charge >= 0.3 is 0 Å². The fourth-order valence-corrected chi connectivity index (χ4v) is 0. The van der Waals surface area contributed by atoms with Crippen LogP contribution in [0.25, 0.3) is 0 Å². The molecule has 0 saturated heterocycles. The van der Waals surface area contributed by atoms with E-state index in [9.17, 15) is 0 Å². The molecule has 4 heteroatoms. The summed E-state index contributed by atoms with van der Waals surface area (Å²) in [6.07, 6.45) is 0. The minimum absolute atomic E-state index is 1.00. The molecule has 0 atom stereocenters. The van der Waals surface area contributed by atoms with Crippen LogP contribution >= 0.6 is 0 Å². The molecule has 0 bridgehead atoms. The van der Waals surface area contributed by atoms with Crippen LogP contribution in [0.3, 0.4) is 0 Å². The number of aliphatic hydroxyl groups is 1. The summed E-state index contributed by atoms with van der Waals surface area (Å²) in [5, 5.41) is 7.00. The average molecular weight is 80.0 g/mol. The van der Waals surface area contributed by atoms with Gasteiger partial charge in [0.1, 0.15) is 0 Å². The summed E-state index contributed by atoms with van der Waals surface area (Å²) in [5.74, 6) is 0. The van der Waals surface area contributed by atoms with Crippen LogP contribution in [-0.2, 0) is 0 Å². The summed E-state index contributed by atoms with van der Waals surface area (Å²) in [6.45, 7) is 0. The molecule has 1 heterocycles. The lowest BCUT2D eigenvalue weighted by Crippen LogP contribution is -1.25. The van der Waals surface area contributed by atoms with Gasteiger partial charge in [0.25, 0.3) is 0 Å². The first-order chi connectivity index (χ1) is 2.50. The van der Waals surface area contributed by atoms with E-state index < -0.39 is 0 Å². The second-order valence-corrected chi connectivity index (χ2v) is 0.204. The van der Waals surface area contributed by atoms with Crippen molar-refractivity contribution in [3.05, 3.63) is 0 Å². The summed E-state index contributed by atoms with van der Waals surface area (Å²) < 4.78 is 10.5. The number of hydrogen-bond donors (Lipinski definition) is 1. The number of hydrogen-bond acceptors (Lipinski definition) is 4. The SMILES string of the molecule is CO.o1oo1. The molecule has 0 unspecified atom stereocenters. The van der Waals surface area contributed by atoms with Gasteiger partial charge in [-0.3, -0.25) is 0 Å². The first kappa shape index (κ1) is 4.36. The molecule has 1 aromatic rings. The second kappa shape index (κ2) is 3.36. The molecule has 0 amide bonds. The third-order valence-electron chi connectivity index (χ3n) is 0.0680. The highest BCUT2D eigenvalue weighted by molar-refractivity contribution is 3.18. The van der Waals surface area contributed by atoms with Crippen LogP contribution in [0.15, 0.2) is 14.2 Å². The first-order valence-corrected chi connectivity index (χ1v) is 0.947. The molecular weight excluding hydrogens is 76.0 g/mol. The minimum atomic E-state index is 1.00. The Hall–Kier alpha value is -0.640. The molecule has 4 nitrogen and oxygen atoms in total. The molecule has 5 heavy (non-hydrogen) atoms. The molecule has 0 saturated carbocycles. The standard InChI is InChI=1S/CH4O.O3/c1-2;1-2-3-1/h2H,1H3;. The summed E-state index contributed by atoms with van der Waals surface area (Å²) in [4.78, 5) is 0. The van der Waals surface area contributed by atoms with Crippen molar-refractivity contribution in [1.82, 2.24) is 0 Å². The molecular formula is CH4O4. The highest BCUT2D eigenvalue weighted by atomic mass is 17.6. The van der Waals surface area contributed by atoms with E-state index in [-0.39, 0.29) is 0 Å². The fraction of sp³-hybridized carbons (Fsp3) is 1.00. The van der Waals surface area contributed by atoms with Gasteiger partial charge in [0.05, 0.1) is 0 Å². The van der Waals surface area contributed by atoms with E-state index >= 15 is 0 Å². The van der Waals surface area contributed by atoms with E-state index in [4.69, 9.17) is 5.11 Å². The van der Waals surface area contributed by atoms with E-state index in [1.807, 2.05) is 0 Å². The summed E-state index contributed by atoms with van der Waals surface area (Å²) in [7, 11) is 1.00. The zero-order valence-corrected chi connectivity index (χ0v) is 2.67. The van der Waals surface area contributed by atoms with Gasteiger partial charge in [0, 0.05) is 21.3 Å². The van der Waals surface area contributed by atoms with Crippen molar-refractivity contribution in [2.75, 3.05) is 7.11 Å². The Kier molecular flexibility index (Phi) is 2.93. The molecule has 1 rings (SSSR count).